The lowest BCUT2D eigenvalue weighted by Gasteiger charge is -2.37. The van der Waals surface area contributed by atoms with Gasteiger partial charge in [-0.2, -0.15) is 0 Å². The van der Waals surface area contributed by atoms with Crippen molar-refractivity contribution < 1.29 is 23.5 Å². The second-order valence-corrected chi connectivity index (χ2v) is 8.78. The van der Waals surface area contributed by atoms with Crippen LogP contribution in [0.5, 0.6) is 5.75 Å². The molecule has 0 bridgehead atoms. The van der Waals surface area contributed by atoms with Crippen LogP contribution >= 0.6 is 11.8 Å². The molecular formula is C23H25N5O5S. The van der Waals surface area contributed by atoms with Crippen molar-refractivity contribution in [2.45, 2.75) is 24.7 Å². The summed E-state index contributed by atoms with van der Waals surface area (Å²) in [6.45, 7) is 4.84. The van der Waals surface area contributed by atoms with Gasteiger partial charge in [-0.1, -0.05) is 23.9 Å². The zero-order valence-electron chi connectivity index (χ0n) is 18.8. The summed E-state index contributed by atoms with van der Waals surface area (Å²) in [7, 11) is 0. The molecule has 11 heteroatoms. The Morgan fingerprint density at radius 3 is 2.71 bits per heavy atom. The Morgan fingerprint density at radius 2 is 1.94 bits per heavy atom. The van der Waals surface area contributed by atoms with E-state index in [9.17, 15) is 9.59 Å². The Hall–Kier alpha value is -3.31. The number of thioether (sulfide) groups is 1. The number of benzene rings is 1. The summed E-state index contributed by atoms with van der Waals surface area (Å²) in [5, 5.41) is 9.12. The van der Waals surface area contributed by atoms with Crippen LogP contribution in [0, 0.1) is 0 Å². The Labute approximate surface area is 200 Å². The number of morpholine rings is 1. The van der Waals surface area contributed by atoms with Crippen LogP contribution in [-0.4, -0.2) is 76.2 Å². The van der Waals surface area contributed by atoms with E-state index < -0.39 is 6.10 Å². The number of carbonyl (C=O) groups excluding carboxylic acids is 2. The Kier molecular flexibility index (Phi) is 6.54. The third kappa shape index (κ3) is 4.40. The van der Waals surface area contributed by atoms with E-state index in [0.29, 0.717) is 61.0 Å². The molecule has 1 fully saturated rings. The predicted molar refractivity (Wildman–Crippen MR) is 125 cm³/mol. The highest BCUT2D eigenvalue weighted by molar-refractivity contribution is 7.99. The molecule has 1 aromatic carbocycles. The number of hydrogen-bond donors (Lipinski definition) is 0. The number of ether oxygens (including phenoxy) is 2. The van der Waals surface area contributed by atoms with Gasteiger partial charge in [-0.25, -0.2) is 0 Å². The summed E-state index contributed by atoms with van der Waals surface area (Å²) < 4.78 is 18.7. The van der Waals surface area contributed by atoms with E-state index in [-0.39, 0.29) is 24.1 Å². The van der Waals surface area contributed by atoms with E-state index in [1.807, 2.05) is 35.8 Å². The molecule has 0 N–H and O–H groups in total. The van der Waals surface area contributed by atoms with Crippen molar-refractivity contribution in [1.29, 1.82) is 0 Å². The third-order valence-electron chi connectivity index (χ3n) is 5.77. The monoisotopic (exact) mass is 483 g/mol. The summed E-state index contributed by atoms with van der Waals surface area (Å²) in [5.41, 5.74) is 0.660. The lowest BCUT2D eigenvalue weighted by Crippen LogP contribution is -2.54. The highest BCUT2D eigenvalue weighted by Crippen LogP contribution is 2.34. The van der Waals surface area contributed by atoms with Crippen molar-refractivity contribution in [3.05, 3.63) is 42.7 Å². The van der Waals surface area contributed by atoms with Gasteiger partial charge >= 0.3 is 0 Å². The molecule has 1 atom stereocenters. The normalized spacial score (nSPS) is 17.9. The van der Waals surface area contributed by atoms with Gasteiger partial charge in [0.05, 0.1) is 37.5 Å². The van der Waals surface area contributed by atoms with Crippen LogP contribution in [0.1, 0.15) is 6.92 Å². The summed E-state index contributed by atoms with van der Waals surface area (Å²) in [4.78, 5) is 29.8. The molecule has 3 aromatic rings. The topological polar surface area (TPSA) is 103 Å². The third-order valence-corrected chi connectivity index (χ3v) is 6.72. The maximum atomic E-state index is 13.3. The number of fused-ring (bicyclic) bond motifs is 1. The van der Waals surface area contributed by atoms with Crippen LogP contribution in [-0.2, 0) is 20.9 Å². The van der Waals surface area contributed by atoms with Gasteiger partial charge in [0.25, 0.3) is 5.91 Å². The van der Waals surface area contributed by atoms with E-state index in [4.69, 9.17) is 13.9 Å². The number of anilines is 1. The van der Waals surface area contributed by atoms with Crippen molar-refractivity contribution in [3.63, 3.8) is 0 Å². The van der Waals surface area contributed by atoms with Gasteiger partial charge in [0, 0.05) is 19.6 Å². The Balaban J connectivity index is 1.32. The maximum Gasteiger partial charge on any atom is 0.265 e. The summed E-state index contributed by atoms with van der Waals surface area (Å²) in [5.74, 6) is 1.65. The minimum absolute atomic E-state index is 0.128. The first kappa shape index (κ1) is 22.5. The minimum atomic E-state index is -0.758. The molecule has 5 rings (SSSR count). The standard InChI is InChI=1S/C23H25N5O5S/c1-2-27-21(18-8-5-11-32-18)24-25-23(27)34-15-20(29)28-14-19(22(30)26-9-12-31-13-10-26)33-17-7-4-3-6-16(17)28/h3-8,11,19H,2,9-10,12-15H2,1H3. The molecule has 0 spiro atoms. The molecule has 10 nitrogen and oxygen atoms in total. The number of aromatic nitrogens is 3. The van der Waals surface area contributed by atoms with Gasteiger partial charge in [-0.15, -0.1) is 10.2 Å². The van der Waals surface area contributed by atoms with Gasteiger partial charge < -0.3 is 23.7 Å². The fraction of sp³-hybridized carbons (Fsp3) is 0.391. The van der Waals surface area contributed by atoms with Gasteiger partial charge in [-0.3, -0.25) is 14.2 Å². The van der Waals surface area contributed by atoms with Crippen molar-refractivity contribution >= 4 is 29.3 Å². The average Bonchev–Trinajstić information content (AvgIpc) is 3.56. The maximum absolute atomic E-state index is 13.3. The van der Waals surface area contributed by atoms with E-state index in [0.717, 1.165) is 0 Å². The fourth-order valence-corrected chi connectivity index (χ4v) is 4.94. The van der Waals surface area contributed by atoms with Crippen LogP contribution in [0.2, 0.25) is 0 Å². The molecule has 0 radical (unpaired) electrons. The fourth-order valence-electron chi connectivity index (χ4n) is 4.06. The summed E-state index contributed by atoms with van der Waals surface area (Å²) in [6, 6.07) is 10.9. The van der Waals surface area contributed by atoms with Gasteiger partial charge in [0.1, 0.15) is 5.75 Å². The molecule has 34 heavy (non-hydrogen) atoms. The number of para-hydroxylation sites is 2. The van der Waals surface area contributed by atoms with Crippen LogP contribution in [0.15, 0.2) is 52.2 Å². The van der Waals surface area contributed by atoms with Gasteiger partial charge in [0.2, 0.25) is 5.91 Å². The molecule has 2 aromatic heterocycles. The largest absolute Gasteiger partial charge is 0.476 e. The molecule has 4 heterocycles. The summed E-state index contributed by atoms with van der Waals surface area (Å²) >= 11 is 1.31. The van der Waals surface area contributed by atoms with Crippen LogP contribution in [0.4, 0.5) is 5.69 Å². The van der Waals surface area contributed by atoms with E-state index in [1.54, 1.807) is 28.2 Å². The molecular weight excluding hydrogens is 458 g/mol. The lowest BCUT2D eigenvalue weighted by molar-refractivity contribution is -0.142. The van der Waals surface area contributed by atoms with Crippen molar-refractivity contribution in [3.8, 4) is 17.3 Å². The number of carbonyl (C=O) groups is 2. The molecule has 0 aliphatic carbocycles. The Morgan fingerprint density at radius 1 is 1.12 bits per heavy atom. The first-order chi connectivity index (χ1) is 16.7. The molecule has 2 amide bonds. The number of rotatable bonds is 6. The van der Waals surface area contributed by atoms with Gasteiger partial charge in [-0.05, 0) is 31.2 Å². The highest BCUT2D eigenvalue weighted by atomic mass is 32.2. The first-order valence-corrected chi connectivity index (χ1v) is 12.2. The summed E-state index contributed by atoms with van der Waals surface area (Å²) in [6.07, 6.45) is 0.831. The van der Waals surface area contributed by atoms with E-state index in [1.165, 1.54) is 11.8 Å². The van der Waals surface area contributed by atoms with Crippen LogP contribution in [0.3, 0.4) is 0 Å². The van der Waals surface area contributed by atoms with Crippen molar-refractivity contribution in [1.82, 2.24) is 19.7 Å². The van der Waals surface area contributed by atoms with Crippen molar-refractivity contribution in [2.24, 2.45) is 0 Å². The average molecular weight is 484 g/mol. The second kappa shape index (κ2) is 9.90. The van der Waals surface area contributed by atoms with Crippen molar-refractivity contribution in [2.75, 3.05) is 43.5 Å². The smallest absolute Gasteiger partial charge is 0.265 e. The second-order valence-electron chi connectivity index (χ2n) is 7.83. The quantitative estimate of drug-likeness (QED) is 0.492. The first-order valence-electron chi connectivity index (χ1n) is 11.2. The number of hydrogen-bond acceptors (Lipinski definition) is 8. The molecule has 1 saturated heterocycles. The lowest BCUT2D eigenvalue weighted by atomic mass is 10.1. The SMILES string of the molecule is CCn1c(SCC(=O)N2CC(C(=O)N3CCOCC3)Oc3ccccc32)nnc1-c1ccco1. The zero-order chi connectivity index (χ0) is 23.5. The van der Waals surface area contributed by atoms with Crippen LogP contribution < -0.4 is 9.64 Å². The minimum Gasteiger partial charge on any atom is -0.476 e. The van der Waals surface area contributed by atoms with Gasteiger partial charge in [0.15, 0.2) is 22.8 Å². The van der Waals surface area contributed by atoms with E-state index >= 15 is 0 Å². The molecule has 2 aliphatic heterocycles. The number of furan rings is 1. The van der Waals surface area contributed by atoms with Crippen LogP contribution in [0.25, 0.3) is 11.6 Å². The zero-order valence-corrected chi connectivity index (χ0v) is 19.6. The predicted octanol–water partition coefficient (Wildman–Crippen LogP) is 2.30. The highest BCUT2D eigenvalue weighted by Gasteiger charge is 2.36. The molecule has 2 aliphatic rings. The number of nitrogens with zero attached hydrogens (tertiary/aromatic N) is 5. The molecule has 1 unspecified atom stereocenters. The molecule has 0 saturated carbocycles. The molecule has 178 valence electrons. The number of amides is 2. The van der Waals surface area contributed by atoms with E-state index in [2.05, 4.69) is 10.2 Å². The Bertz CT molecular complexity index is 1160.